The second-order valence-electron chi connectivity index (χ2n) is 16.6. The summed E-state index contributed by atoms with van der Waals surface area (Å²) in [7, 11) is 1.72. The normalized spacial score (nSPS) is 27.2. The van der Waals surface area contributed by atoms with Crippen molar-refractivity contribution >= 4 is 33.6 Å². The Morgan fingerprint density at radius 2 is 1.95 bits per heavy atom. The molecule has 11 nitrogen and oxygen atoms in total. The SMILES string of the molecule is C#Cc1c(F)ccc2cccc(-c3nc4c5c(nc(OCC67CC(=C)CN6C[C@@H](OC)C7)nc5c3F)N3C[C@H]5CC[C@@H]([C@H]3[C@H](C)O4)N5C(=O)OC(C)(C)C)c12. The third-order valence-electron chi connectivity index (χ3n) is 12.0. The number of benzene rings is 2. The summed E-state index contributed by atoms with van der Waals surface area (Å²) >= 11 is 0. The fourth-order valence-electron chi connectivity index (χ4n) is 9.78. The van der Waals surface area contributed by atoms with E-state index in [9.17, 15) is 4.79 Å². The molecule has 286 valence electrons. The average Bonchev–Trinajstić information content (AvgIpc) is 3.72. The maximum Gasteiger partial charge on any atom is 0.410 e. The number of aromatic nitrogens is 3. The first-order valence-corrected chi connectivity index (χ1v) is 18.9. The number of hydrogen-bond acceptors (Lipinski definition) is 10. The van der Waals surface area contributed by atoms with Gasteiger partial charge in [0.25, 0.3) is 0 Å². The Hall–Kier alpha value is -5.06. The summed E-state index contributed by atoms with van der Waals surface area (Å²) in [6, 6.07) is 7.27. The van der Waals surface area contributed by atoms with Crippen LogP contribution in [-0.4, -0.2) is 106 Å². The van der Waals surface area contributed by atoms with E-state index in [2.05, 4.69) is 22.3 Å². The predicted octanol–water partition coefficient (Wildman–Crippen LogP) is 6.64. The highest BCUT2D eigenvalue weighted by Gasteiger charge is 2.54. The van der Waals surface area contributed by atoms with E-state index in [0.717, 1.165) is 44.3 Å². The third-order valence-corrected chi connectivity index (χ3v) is 12.0. The zero-order valence-corrected chi connectivity index (χ0v) is 31.7. The molecule has 2 aromatic carbocycles. The Balaban J connectivity index is 1.21. The monoisotopic (exact) mass is 750 g/mol. The molecule has 5 aliphatic heterocycles. The molecule has 0 N–H and O–H groups in total. The molecule has 1 unspecified atom stereocenters. The van der Waals surface area contributed by atoms with E-state index < -0.39 is 23.3 Å². The van der Waals surface area contributed by atoms with Gasteiger partial charge in [-0.05, 0) is 64.8 Å². The Morgan fingerprint density at radius 3 is 2.71 bits per heavy atom. The van der Waals surface area contributed by atoms with E-state index in [4.69, 9.17) is 40.3 Å². The second-order valence-corrected chi connectivity index (χ2v) is 16.6. The first-order valence-electron chi connectivity index (χ1n) is 18.9. The number of carbonyl (C=O) groups is 1. The van der Waals surface area contributed by atoms with Crippen LogP contribution in [0.25, 0.3) is 32.9 Å². The lowest BCUT2D eigenvalue weighted by molar-refractivity contribution is 0.000936. The molecule has 0 aliphatic carbocycles. The van der Waals surface area contributed by atoms with E-state index in [1.54, 1.807) is 31.4 Å². The fourth-order valence-corrected chi connectivity index (χ4v) is 9.78. The summed E-state index contributed by atoms with van der Waals surface area (Å²) in [4.78, 5) is 34.6. The minimum absolute atomic E-state index is 0.000652. The number of fused-ring (bicyclic) bond motifs is 7. The molecule has 2 bridgehead atoms. The summed E-state index contributed by atoms with van der Waals surface area (Å²) in [5, 5.41) is 1.28. The van der Waals surface area contributed by atoms with Crippen molar-refractivity contribution in [2.24, 2.45) is 0 Å². The van der Waals surface area contributed by atoms with Gasteiger partial charge in [-0.3, -0.25) is 9.80 Å². The van der Waals surface area contributed by atoms with Gasteiger partial charge in [-0.1, -0.05) is 42.3 Å². The molecule has 1 amide bonds. The Bertz CT molecular complexity index is 2320. The first-order chi connectivity index (χ1) is 26.3. The van der Waals surface area contributed by atoms with Crippen LogP contribution in [0.5, 0.6) is 11.9 Å². The van der Waals surface area contributed by atoms with Crippen LogP contribution in [0.4, 0.5) is 19.4 Å². The van der Waals surface area contributed by atoms with Crippen molar-refractivity contribution in [3.63, 3.8) is 0 Å². The van der Waals surface area contributed by atoms with Crippen LogP contribution >= 0.6 is 0 Å². The van der Waals surface area contributed by atoms with Gasteiger partial charge in [0.2, 0.25) is 5.88 Å². The Morgan fingerprint density at radius 1 is 1.13 bits per heavy atom. The molecule has 2 aromatic heterocycles. The number of anilines is 1. The van der Waals surface area contributed by atoms with Crippen molar-refractivity contribution in [2.45, 2.75) is 94.9 Å². The Labute approximate surface area is 318 Å². The van der Waals surface area contributed by atoms with E-state index in [1.807, 2.05) is 32.6 Å². The highest BCUT2D eigenvalue weighted by molar-refractivity contribution is 6.03. The first kappa shape index (κ1) is 35.6. The molecule has 55 heavy (non-hydrogen) atoms. The van der Waals surface area contributed by atoms with E-state index in [0.29, 0.717) is 34.1 Å². The molecule has 0 spiro atoms. The number of ether oxygens (including phenoxy) is 4. The molecule has 13 heteroatoms. The van der Waals surface area contributed by atoms with E-state index >= 15 is 8.78 Å². The van der Waals surface area contributed by atoms with E-state index in [-0.39, 0.29) is 71.1 Å². The highest BCUT2D eigenvalue weighted by atomic mass is 19.1. The summed E-state index contributed by atoms with van der Waals surface area (Å²) in [5.74, 6) is 1.66. The minimum atomic E-state index is -0.744. The number of nitrogens with zero attached hydrogens (tertiary/aromatic N) is 6. The zero-order valence-electron chi connectivity index (χ0n) is 31.7. The van der Waals surface area contributed by atoms with Crippen molar-refractivity contribution < 1.29 is 32.5 Å². The van der Waals surface area contributed by atoms with Gasteiger partial charge in [-0.15, -0.1) is 6.42 Å². The van der Waals surface area contributed by atoms with Gasteiger partial charge in [-0.2, -0.15) is 9.97 Å². The van der Waals surface area contributed by atoms with Crippen LogP contribution in [0.15, 0.2) is 42.5 Å². The molecule has 6 atom stereocenters. The van der Waals surface area contributed by atoms with Crippen LogP contribution in [0.3, 0.4) is 0 Å². The number of terminal acetylenes is 1. The van der Waals surface area contributed by atoms with Crippen LogP contribution < -0.4 is 14.4 Å². The topological polar surface area (TPSA) is 102 Å². The van der Waals surface area contributed by atoms with Crippen molar-refractivity contribution in [3.8, 4) is 35.5 Å². The highest BCUT2D eigenvalue weighted by Crippen LogP contribution is 2.48. The maximum absolute atomic E-state index is 17.4. The number of carbonyl (C=O) groups excluding carboxylic acids is 1. The minimum Gasteiger partial charge on any atom is -0.472 e. The van der Waals surface area contributed by atoms with Gasteiger partial charge >= 0.3 is 12.1 Å². The number of piperazine rings is 1. The Kier molecular flexibility index (Phi) is 8.26. The quantitative estimate of drug-likeness (QED) is 0.163. The smallest absolute Gasteiger partial charge is 0.410 e. The molecule has 0 saturated carbocycles. The summed E-state index contributed by atoms with van der Waals surface area (Å²) < 4.78 is 57.5. The number of methoxy groups -OCH3 is 1. The lowest BCUT2D eigenvalue weighted by atomic mass is 9.93. The zero-order chi connectivity index (χ0) is 38.6. The van der Waals surface area contributed by atoms with E-state index in [1.165, 1.54) is 6.07 Å². The number of pyridine rings is 1. The van der Waals surface area contributed by atoms with Crippen molar-refractivity contribution in [1.29, 1.82) is 0 Å². The van der Waals surface area contributed by atoms with Crippen molar-refractivity contribution in [3.05, 3.63) is 59.7 Å². The molecule has 0 radical (unpaired) electrons. The van der Waals surface area contributed by atoms with Crippen LogP contribution in [-0.2, 0) is 9.47 Å². The number of amides is 1. The number of hydrogen-bond donors (Lipinski definition) is 0. The lowest BCUT2D eigenvalue weighted by Gasteiger charge is -2.48. The molecule has 5 aliphatic rings. The number of halogens is 2. The average molecular weight is 751 g/mol. The largest absolute Gasteiger partial charge is 0.472 e. The maximum atomic E-state index is 17.4. The van der Waals surface area contributed by atoms with Gasteiger partial charge in [0.05, 0.1) is 35.3 Å². The third kappa shape index (κ3) is 5.67. The number of rotatable bonds is 5. The lowest BCUT2D eigenvalue weighted by Crippen LogP contribution is -2.65. The van der Waals surface area contributed by atoms with Crippen LogP contribution in [0.1, 0.15) is 58.9 Å². The molecule has 4 saturated heterocycles. The molecule has 4 aromatic rings. The predicted molar refractivity (Wildman–Crippen MR) is 203 cm³/mol. The fraction of sp³-hybridized carbons (Fsp3) is 0.476. The van der Waals surface area contributed by atoms with Crippen LogP contribution in [0.2, 0.25) is 0 Å². The van der Waals surface area contributed by atoms with Crippen molar-refractivity contribution in [2.75, 3.05) is 38.3 Å². The molecule has 9 rings (SSSR count). The summed E-state index contributed by atoms with van der Waals surface area (Å²) in [6.07, 6.45) is 7.92. The van der Waals surface area contributed by atoms with Gasteiger partial charge in [0, 0.05) is 37.7 Å². The molecule has 7 heterocycles. The summed E-state index contributed by atoms with van der Waals surface area (Å²) in [6.45, 7) is 13.9. The van der Waals surface area contributed by atoms with Gasteiger partial charge in [-0.25, -0.2) is 18.6 Å². The van der Waals surface area contributed by atoms with Crippen LogP contribution in [0, 0.1) is 24.0 Å². The van der Waals surface area contributed by atoms with Gasteiger partial charge < -0.3 is 23.8 Å². The molecular weight excluding hydrogens is 706 g/mol. The summed E-state index contributed by atoms with van der Waals surface area (Å²) in [5.41, 5.74) is 0.236. The molecular formula is C42H44F2N6O5. The van der Waals surface area contributed by atoms with Crippen molar-refractivity contribution in [1.82, 2.24) is 24.8 Å². The standard InChI is InChI=1S/C42H44F2N6O5/c1-8-27-29(43)14-12-24-10-9-11-28(31(24)27)34-33(44)35-32-37(47-39(46-35)53-21-42-16-22(2)18-48(42)20-26(17-42)52-7)49-19-25-13-15-30(36(49)23(3)54-38(32)45-34)50(25)40(51)55-41(4,5)6/h1,9-12,14,23,25-26,30,36H,2,13,15-21H2,3-7H3/t23-,25+,26-,30-,36+,42?/m0/s1. The molecule has 4 fully saturated rings. The second kappa shape index (κ2) is 12.7. The van der Waals surface area contributed by atoms with Gasteiger partial charge in [0.15, 0.2) is 5.82 Å². The van der Waals surface area contributed by atoms with Gasteiger partial charge in [0.1, 0.15) is 46.5 Å².